The predicted molar refractivity (Wildman–Crippen MR) is 71.9 cm³/mol. The quantitative estimate of drug-likeness (QED) is 0.818. The average molecular weight is 240 g/mol. The van der Waals surface area contributed by atoms with Crippen molar-refractivity contribution in [1.82, 2.24) is 0 Å². The Morgan fingerprint density at radius 2 is 1.94 bits per heavy atom. The normalized spacial score (nSPS) is 16.1. The first-order valence-electron chi connectivity index (χ1n) is 6.02. The van der Waals surface area contributed by atoms with Crippen LogP contribution in [0.15, 0.2) is 12.1 Å². The van der Waals surface area contributed by atoms with Crippen LogP contribution < -0.4 is 0 Å². The lowest BCUT2D eigenvalue weighted by Gasteiger charge is -2.24. The molecule has 16 heavy (non-hydrogen) atoms. The summed E-state index contributed by atoms with van der Waals surface area (Å²) in [4.78, 5) is 2.38. The summed E-state index contributed by atoms with van der Waals surface area (Å²) in [6.45, 7) is 11.1. The Labute approximate surface area is 104 Å². The van der Waals surface area contributed by atoms with Gasteiger partial charge in [0.2, 0.25) is 0 Å². The maximum absolute atomic E-state index is 10.1. The molecule has 0 fully saturated rings. The number of aryl methyl sites for hydroxylation is 1. The first-order chi connectivity index (χ1) is 7.28. The molecule has 1 heterocycles. The van der Waals surface area contributed by atoms with Gasteiger partial charge < -0.3 is 5.11 Å². The maximum Gasteiger partial charge on any atom is 0.0884 e. The SMILES string of the molecule is Cc1ccc(C(O)CC(C)CC(C)(C)C)s1. The zero-order valence-corrected chi connectivity index (χ0v) is 11.9. The molecule has 1 aromatic rings. The lowest BCUT2D eigenvalue weighted by atomic mass is 9.83. The van der Waals surface area contributed by atoms with Gasteiger partial charge in [0.05, 0.1) is 6.10 Å². The van der Waals surface area contributed by atoms with E-state index in [9.17, 15) is 5.11 Å². The summed E-state index contributed by atoms with van der Waals surface area (Å²) in [6, 6.07) is 4.13. The molecule has 2 heteroatoms. The lowest BCUT2D eigenvalue weighted by molar-refractivity contribution is 0.137. The van der Waals surface area contributed by atoms with Crippen LogP contribution in [0.25, 0.3) is 0 Å². The van der Waals surface area contributed by atoms with Gasteiger partial charge in [-0.05, 0) is 43.2 Å². The molecule has 0 saturated carbocycles. The van der Waals surface area contributed by atoms with Crippen LogP contribution in [-0.4, -0.2) is 5.11 Å². The highest BCUT2D eigenvalue weighted by Crippen LogP contribution is 2.32. The van der Waals surface area contributed by atoms with E-state index in [0.29, 0.717) is 11.3 Å². The van der Waals surface area contributed by atoms with Crippen molar-refractivity contribution >= 4 is 11.3 Å². The predicted octanol–water partition coefficient (Wildman–Crippen LogP) is 4.55. The Morgan fingerprint density at radius 1 is 1.31 bits per heavy atom. The molecule has 0 aliphatic rings. The van der Waals surface area contributed by atoms with Crippen LogP contribution in [0.3, 0.4) is 0 Å². The molecule has 0 aliphatic carbocycles. The van der Waals surface area contributed by atoms with Crippen LogP contribution in [0.2, 0.25) is 0 Å². The summed E-state index contributed by atoms with van der Waals surface area (Å²) in [6.07, 6.45) is 1.75. The van der Waals surface area contributed by atoms with Crippen LogP contribution in [0, 0.1) is 18.3 Å². The molecule has 2 atom stereocenters. The third kappa shape index (κ3) is 4.67. The highest BCUT2D eigenvalue weighted by atomic mass is 32.1. The fraction of sp³-hybridized carbons (Fsp3) is 0.714. The molecule has 0 amide bonds. The Bertz CT molecular complexity index is 322. The van der Waals surface area contributed by atoms with Crippen molar-refractivity contribution in [2.75, 3.05) is 0 Å². The first-order valence-corrected chi connectivity index (χ1v) is 6.84. The van der Waals surface area contributed by atoms with E-state index in [4.69, 9.17) is 0 Å². The number of thiophene rings is 1. The van der Waals surface area contributed by atoms with Crippen LogP contribution in [-0.2, 0) is 0 Å². The van der Waals surface area contributed by atoms with Gasteiger partial charge in [-0.2, -0.15) is 0 Å². The molecule has 0 bridgehead atoms. The van der Waals surface area contributed by atoms with E-state index in [1.165, 1.54) is 4.88 Å². The van der Waals surface area contributed by atoms with Gasteiger partial charge in [0, 0.05) is 9.75 Å². The minimum absolute atomic E-state index is 0.281. The molecule has 0 aromatic carbocycles. The molecule has 0 aliphatic heterocycles. The van der Waals surface area contributed by atoms with Crippen molar-refractivity contribution < 1.29 is 5.11 Å². The molecule has 2 unspecified atom stereocenters. The standard InChI is InChI=1S/C14H24OS/c1-10(9-14(3,4)5)8-12(15)13-7-6-11(2)16-13/h6-7,10,12,15H,8-9H2,1-5H3. The fourth-order valence-electron chi connectivity index (χ4n) is 2.26. The third-order valence-electron chi connectivity index (χ3n) is 2.68. The molecule has 92 valence electrons. The first kappa shape index (κ1) is 13.7. The fourth-order valence-corrected chi connectivity index (χ4v) is 3.13. The second kappa shape index (κ2) is 5.33. The Balaban J connectivity index is 2.48. The molecule has 0 radical (unpaired) electrons. The number of rotatable bonds is 4. The minimum Gasteiger partial charge on any atom is -0.388 e. The van der Waals surface area contributed by atoms with Crippen molar-refractivity contribution in [2.45, 2.75) is 53.6 Å². The number of hydrogen-bond donors (Lipinski definition) is 1. The highest BCUT2D eigenvalue weighted by Gasteiger charge is 2.19. The van der Waals surface area contributed by atoms with Gasteiger partial charge in [0.15, 0.2) is 0 Å². The summed E-state index contributed by atoms with van der Waals surface area (Å²) in [7, 11) is 0. The van der Waals surface area contributed by atoms with Gasteiger partial charge in [0.25, 0.3) is 0 Å². The Morgan fingerprint density at radius 3 is 2.38 bits per heavy atom. The Hall–Kier alpha value is -0.340. The smallest absolute Gasteiger partial charge is 0.0884 e. The van der Waals surface area contributed by atoms with Crippen LogP contribution in [0.4, 0.5) is 0 Å². The second-order valence-electron chi connectivity index (χ2n) is 6.07. The van der Waals surface area contributed by atoms with Gasteiger partial charge in [-0.3, -0.25) is 0 Å². The van der Waals surface area contributed by atoms with Crippen molar-refractivity contribution in [2.24, 2.45) is 11.3 Å². The van der Waals surface area contributed by atoms with Crippen molar-refractivity contribution in [1.29, 1.82) is 0 Å². The maximum atomic E-state index is 10.1. The summed E-state index contributed by atoms with van der Waals surface area (Å²) in [5, 5.41) is 10.1. The monoisotopic (exact) mass is 240 g/mol. The van der Waals surface area contributed by atoms with E-state index < -0.39 is 0 Å². The van der Waals surface area contributed by atoms with E-state index in [1.54, 1.807) is 11.3 Å². The minimum atomic E-state index is -0.281. The van der Waals surface area contributed by atoms with Crippen molar-refractivity contribution in [3.05, 3.63) is 21.9 Å². The van der Waals surface area contributed by atoms with Gasteiger partial charge in [-0.25, -0.2) is 0 Å². The molecular weight excluding hydrogens is 216 g/mol. The summed E-state index contributed by atoms with van der Waals surface area (Å²) >= 11 is 1.71. The van der Waals surface area contributed by atoms with E-state index in [0.717, 1.165) is 17.7 Å². The molecule has 1 rings (SSSR count). The Kier molecular flexibility index (Phi) is 4.57. The lowest BCUT2D eigenvalue weighted by Crippen LogP contribution is -2.13. The van der Waals surface area contributed by atoms with E-state index in [2.05, 4.69) is 46.8 Å². The van der Waals surface area contributed by atoms with E-state index in [-0.39, 0.29) is 6.10 Å². The molecule has 1 N–H and O–H groups in total. The number of hydrogen-bond acceptors (Lipinski definition) is 2. The van der Waals surface area contributed by atoms with E-state index in [1.807, 2.05) is 0 Å². The van der Waals surface area contributed by atoms with Crippen molar-refractivity contribution in [3.8, 4) is 0 Å². The third-order valence-corrected chi connectivity index (χ3v) is 3.78. The average Bonchev–Trinajstić information content (AvgIpc) is 2.47. The number of aliphatic hydroxyl groups is 1. The molecule has 1 nitrogen and oxygen atoms in total. The topological polar surface area (TPSA) is 20.2 Å². The zero-order valence-electron chi connectivity index (χ0n) is 11.1. The van der Waals surface area contributed by atoms with Gasteiger partial charge in [-0.15, -0.1) is 11.3 Å². The summed E-state index contributed by atoms with van der Waals surface area (Å²) in [5.74, 6) is 0.567. The molecule has 0 saturated heterocycles. The van der Waals surface area contributed by atoms with Crippen LogP contribution in [0.5, 0.6) is 0 Å². The van der Waals surface area contributed by atoms with Crippen LogP contribution in [0.1, 0.15) is 56.4 Å². The zero-order chi connectivity index (χ0) is 12.3. The van der Waals surface area contributed by atoms with Gasteiger partial charge in [-0.1, -0.05) is 27.7 Å². The number of aliphatic hydroxyl groups excluding tert-OH is 1. The van der Waals surface area contributed by atoms with Gasteiger partial charge >= 0.3 is 0 Å². The van der Waals surface area contributed by atoms with Crippen molar-refractivity contribution in [3.63, 3.8) is 0 Å². The molecular formula is C14H24OS. The molecule has 0 spiro atoms. The van der Waals surface area contributed by atoms with Crippen LogP contribution >= 0.6 is 11.3 Å². The van der Waals surface area contributed by atoms with Gasteiger partial charge in [0.1, 0.15) is 0 Å². The van der Waals surface area contributed by atoms with E-state index >= 15 is 0 Å². The molecule has 1 aromatic heterocycles. The summed E-state index contributed by atoms with van der Waals surface area (Å²) < 4.78 is 0. The highest BCUT2D eigenvalue weighted by molar-refractivity contribution is 7.11. The largest absolute Gasteiger partial charge is 0.388 e. The summed E-state index contributed by atoms with van der Waals surface area (Å²) in [5.41, 5.74) is 0.352. The second-order valence-corrected chi connectivity index (χ2v) is 7.39.